The van der Waals surface area contributed by atoms with E-state index >= 15 is 0 Å². The van der Waals surface area contributed by atoms with E-state index in [1.54, 1.807) is 7.11 Å². The van der Waals surface area contributed by atoms with Gasteiger partial charge in [-0.25, -0.2) is 0 Å². The lowest BCUT2D eigenvalue weighted by Gasteiger charge is -2.17. The summed E-state index contributed by atoms with van der Waals surface area (Å²) in [6, 6.07) is 8.04. The predicted octanol–water partition coefficient (Wildman–Crippen LogP) is 1.87. The van der Waals surface area contributed by atoms with Crippen LogP contribution in [0.2, 0.25) is 0 Å². The first kappa shape index (κ1) is 14.5. The molecule has 0 unspecified atom stereocenters. The smallest absolute Gasteiger partial charge is 0.234 e. The molecule has 100 valence electrons. The number of ether oxygens (including phenoxy) is 1. The van der Waals surface area contributed by atoms with Crippen molar-refractivity contribution in [2.45, 2.75) is 32.9 Å². The average Bonchev–Trinajstić information content (AvgIpc) is 2.35. The molecule has 0 heterocycles. The van der Waals surface area contributed by atoms with Crippen LogP contribution in [0, 0.1) is 0 Å². The highest BCUT2D eigenvalue weighted by atomic mass is 16.5. The quantitative estimate of drug-likeness (QED) is 0.810. The van der Waals surface area contributed by atoms with Crippen molar-refractivity contribution in [1.29, 1.82) is 0 Å². The molecule has 0 spiro atoms. The van der Waals surface area contributed by atoms with Crippen LogP contribution in [-0.4, -0.2) is 25.6 Å². The summed E-state index contributed by atoms with van der Waals surface area (Å²) in [4.78, 5) is 11.5. The van der Waals surface area contributed by atoms with Crippen LogP contribution in [0.5, 0.6) is 5.75 Å². The van der Waals surface area contributed by atoms with Gasteiger partial charge in [-0.05, 0) is 26.8 Å². The van der Waals surface area contributed by atoms with Gasteiger partial charge in [0.2, 0.25) is 5.91 Å². The first-order valence-corrected chi connectivity index (χ1v) is 6.20. The predicted molar refractivity (Wildman–Crippen MR) is 72.7 cm³/mol. The van der Waals surface area contributed by atoms with Crippen molar-refractivity contribution < 1.29 is 9.53 Å². The van der Waals surface area contributed by atoms with Gasteiger partial charge in [-0.2, -0.15) is 0 Å². The zero-order valence-corrected chi connectivity index (χ0v) is 11.5. The van der Waals surface area contributed by atoms with Gasteiger partial charge in [0, 0.05) is 17.6 Å². The Balaban J connectivity index is 2.55. The van der Waals surface area contributed by atoms with E-state index in [9.17, 15) is 4.79 Å². The van der Waals surface area contributed by atoms with Crippen molar-refractivity contribution in [2.24, 2.45) is 0 Å². The van der Waals surface area contributed by atoms with E-state index in [1.807, 2.05) is 45.0 Å². The molecule has 0 aromatic heterocycles. The molecule has 0 bridgehead atoms. The molecule has 18 heavy (non-hydrogen) atoms. The monoisotopic (exact) mass is 250 g/mol. The number of nitrogens with one attached hydrogen (secondary N) is 2. The van der Waals surface area contributed by atoms with Gasteiger partial charge in [0.1, 0.15) is 5.75 Å². The van der Waals surface area contributed by atoms with Crippen molar-refractivity contribution in [3.05, 3.63) is 29.8 Å². The number of amides is 1. The molecule has 0 saturated carbocycles. The molecule has 1 aromatic carbocycles. The molecular weight excluding hydrogens is 228 g/mol. The number of para-hydroxylation sites is 1. The Morgan fingerprint density at radius 3 is 2.56 bits per heavy atom. The summed E-state index contributed by atoms with van der Waals surface area (Å²) in [5, 5.41) is 6.03. The van der Waals surface area contributed by atoms with Crippen molar-refractivity contribution in [3.63, 3.8) is 0 Å². The molecule has 1 atom stereocenters. The molecule has 1 rings (SSSR count). The van der Waals surface area contributed by atoms with Crippen molar-refractivity contribution >= 4 is 5.91 Å². The van der Waals surface area contributed by atoms with Gasteiger partial charge in [-0.15, -0.1) is 0 Å². The molecule has 4 heteroatoms. The van der Waals surface area contributed by atoms with Crippen molar-refractivity contribution in [3.8, 4) is 5.75 Å². The largest absolute Gasteiger partial charge is 0.496 e. The molecule has 0 aliphatic carbocycles. The fraction of sp³-hybridized carbons (Fsp3) is 0.500. The Bertz CT molecular complexity index is 391. The van der Waals surface area contributed by atoms with E-state index in [-0.39, 0.29) is 18.0 Å². The molecule has 0 aliphatic heterocycles. The fourth-order valence-corrected chi connectivity index (χ4v) is 1.75. The lowest BCUT2D eigenvalue weighted by atomic mass is 10.1. The number of hydrogen-bond donors (Lipinski definition) is 2. The zero-order valence-electron chi connectivity index (χ0n) is 11.5. The third-order valence-electron chi connectivity index (χ3n) is 2.62. The molecule has 0 aliphatic rings. The minimum atomic E-state index is 0.00625. The van der Waals surface area contributed by atoms with Crippen LogP contribution in [-0.2, 0) is 4.79 Å². The van der Waals surface area contributed by atoms with E-state index in [1.165, 1.54) is 0 Å². The van der Waals surface area contributed by atoms with Crippen LogP contribution in [0.1, 0.15) is 32.4 Å². The molecule has 1 amide bonds. The lowest BCUT2D eigenvalue weighted by Crippen LogP contribution is -2.38. The topological polar surface area (TPSA) is 50.4 Å². The van der Waals surface area contributed by atoms with Crippen LogP contribution >= 0.6 is 0 Å². The maximum atomic E-state index is 11.5. The van der Waals surface area contributed by atoms with E-state index in [4.69, 9.17) is 4.74 Å². The Labute approximate surface area is 109 Å². The van der Waals surface area contributed by atoms with Gasteiger partial charge in [-0.3, -0.25) is 4.79 Å². The van der Waals surface area contributed by atoms with Gasteiger partial charge < -0.3 is 15.4 Å². The second kappa shape index (κ2) is 7.01. The summed E-state index contributed by atoms with van der Waals surface area (Å²) in [5.41, 5.74) is 1.05. The molecule has 0 fully saturated rings. The van der Waals surface area contributed by atoms with Crippen molar-refractivity contribution in [1.82, 2.24) is 10.6 Å². The Hall–Kier alpha value is -1.55. The number of carbonyl (C=O) groups is 1. The minimum Gasteiger partial charge on any atom is -0.496 e. The van der Waals surface area contributed by atoms with Crippen LogP contribution in [0.4, 0.5) is 0 Å². The summed E-state index contributed by atoms with van der Waals surface area (Å²) in [7, 11) is 1.65. The molecule has 0 radical (unpaired) electrons. The average molecular weight is 250 g/mol. The summed E-state index contributed by atoms with van der Waals surface area (Å²) in [6.07, 6.45) is 0. The second-order valence-corrected chi connectivity index (χ2v) is 4.57. The number of methoxy groups -OCH3 is 1. The molecular formula is C14H22N2O2. The number of rotatable bonds is 6. The Morgan fingerprint density at radius 1 is 1.28 bits per heavy atom. The van der Waals surface area contributed by atoms with Gasteiger partial charge >= 0.3 is 0 Å². The summed E-state index contributed by atoms with van der Waals surface area (Å²) >= 11 is 0. The third-order valence-corrected chi connectivity index (χ3v) is 2.62. The third kappa shape index (κ3) is 4.37. The SMILES string of the molecule is COc1ccccc1[C@@H](C)NCC(=O)NC(C)C. The van der Waals surface area contributed by atoms with Gasteiger partial charge in [-0.1, -0.05) is 18.2 Å². The van der Waals surface area contributed by atoms with Crippen LogP contribution in [0.3, 0.4) is 0 Å². The highest BCUT2D eigenvalue weighted by Gasteiger charge is 2.11. The fourth-order valence-electron chi connectivity index (χ4n) is 1.75. The highest BCUT2D eigenvalue weighted by Crippen LogP contribution is 2.23. The number of benzene rings is 1. The minimum absolute atomic E-state index is 0.00625. The normalized spacial score (nSPS) is 12.3. The number of carbonyl (C=O) groups excluding carboxylic acids is 1. The zero-order chi connectivity index (χ0) is 13.5. The van der Waals surface area contributed by atoms with Crippen molar-refractivity contribution in [2.75, 3.05) is 13.7 Å². The van der Waals surface area contributed by atoms with Gasteiger partial charge in [0.15, 0.2) is 0 Å². The van der Waals surface area contributed by atoms with Crippen LogP contribution in [0.25, 0.3) is 0 Å². The molecule has 2 N–H and O–H groups in total. The van der Waals surface area contributed by atoms with Gasteiger partial charge in [0.25, 0.3) is 0 Å². The Morgan fingerprint density at radius 2 is 1.94 bits per heavy atom. The van der Waals surface area contributed by atoms with E-state index in [0.29, 0.717) is 6.54 Å². The van der Waals surface area contributed by atoms with Gasteiger partial charge in [0.05, 0.1) is 13.7 Å². The van der Waals surface area contributed by atoms with Crippen LogP contribution in [0.15, 0.2) is 24.3 Å². The molecule has 1 aromatic rings. The molecule has 0 saturated heterocycles. The van der Waals surface area contributed by atoms with E-state index in [0.717, 1.165) is 11.3 Å². The van der Waals surface area contributed by atoms with Crippen LogP contribution < -0.4 is 15.4 Å². The number of hydrogen-bond acceptors (Lipinski definition) is 3. The maximum Gasteiger partial charge on any atom is 0.234 e. The maximum absolute atomic E-state index is 11.5. The molecule has 4 nitrogen and oxygen atoms in total. The summed E-state index contributed by atoms with van der Waals surface area (Å²) in [6.45, 7) is 6.21. The summed E-state index contributed by atoms with van der Waals surface area (Å²) in [5.74, 6) is 0.841. The standard InChI is InChI=1S/C14H22N2O2/c1-10(2)16-14(17)9-15-11(3)12-7-5-6-8-13(12)18-4/h5-8,10-11,15H,9H2,1-4H3,(H,16,17)/t11-/m1/s1. The highest BCUT2D eigenvalue weighted by molar-refractivity contribution is 5.78. The van der Waals surface area contributed by atoms with E-state index < -0.39 is 0 Å². The Kier molecular flexibility index (Phi) is 5.65. The lowest BCUT2D eigenvalue weighted by molar-refractivity contribution is -0.120. The summed E-state index contributed by atoms with van der Waals surface area (Å²) < 4.78 is 5.30. The first-order valence-electron chi connectivity index (χ1n) is 6.20. The first-order chi connectivity index (χ1) is 8.54. The van der Waals surface area contributed by atoms with E-state index in [2.05, 4.69) is 10.6 Å². The second-order valence-electron chi connectivity index (χ2n) is 4.57.